The van der Waals surface area contributed by atoms with Gasteiger partial charge in [0.15, 0.2) is 0 Å². The Balaban J connectivity index is 2.61. The van der Waals surface area contributed by atoms with Gasteiger partial charge in [-0.25, -0.2) is 0 Å². The zero-order chi connectivity index (χ0) is 8.10. The first-order valence-electron chi connectivity index (χ1n) is 3.95. The van der Waals surface area contributed by atoms with Crippen molar-refractivity contribution < 1.29 is 0 Å². The molecule has 60 valence electrons. The fourth-order valence-corrected chi connectivity index (χ4v) is 1.44. The van der Waals surface area contributed by atoms with Crippen LogP contribution in [0.4, 0.5) is 0 Å². The van der Waals surface area contributed by atoms with Gasteiger partial charge >= 0.3 is 0 Å². The summed E-state index contributed by atoms with van der Waals surface area (Å²) in [6, 6.07) is 10.5. The first kappa shape index (κ1) is 8.61. The van der Waals surface area contributed by atoms with Crippen molar-refractivity contribution >= 4 is 11.6 Å². The van der Waals surface area contributed by atoms with Gasteiger partial charge in [0.2, 0.25) is 0 Å². The van der Waals surface area contributed by atoms with Gasteiger partial charge < -0.3 is 0 Å². The van der Waals surface area contributed by atoms with Crippen LogP contribution in [-0.4, -0.2) is 5.88 Å². The molecule has 1 heteroatoms. The number of alkyl halides is 1. The van der Waals surface area contributed by atoms with Gasteiger partial charge in [0, 0.05) is 5.88 Å². The lowest BCUT2D eigenvalue weighted by Crippen LogP contribution is -1.92. The van der Waals surface area contributed by atoms with Crippen LogP contribution in [0, 0.1) is 0 Å². The third-order valence-electron chi connectivity index (χ3n) is 1.91. The molecule has 1 atom stereocenters. The van der Waals surface area contributed by atoms with E-state index in [1.54, 1.807) is 0 Å². The van der Waals surface area contributed by atoms with Crippen molar-refractivity contribution in [1.29, 1.82) is 0 Å². The van der Waals surface area contributed by atoms with Gasteiger partial charge in [-0.15, -0.1) is 11.6 Å². The Labute approximate surface area is 73.2 Å². The van der Waals surface area contributed by atoms with Crippen molar-refractivity contribution in [3.8, 4) is 0 Å². The lowest BCUT2D eigenvalue weighted by atomic mass is 9.99. The third-order valence-corrected chi connectivity index (χ3v) is 2.13. The zero-order valence-electron chi connectivity index (χ0n) is 6.76. The predicted molar refractivity (Wildman–Crippen MR) is 50.2 cm³/mol. The Morgan fingerprint density at radius 2 is 1.91 bits per heavy atom. The van der Waals surface area contributed by atoms with E-state index in [1.807, 2.05) is 6.07 Å². The summed E-state index contributed by atoms with van der Waals surface area (Å²) in [5, 5.41) is 0. The number of benzene rings is 1. The average Bonchev–Trinajstić information content (AvgIpc) is 2.07. The van der Waals surface area contributed by atoms with Gasteiger partial charge in [0.1, 0.15) is 0 Å². The molecule has 1 unspecified atom stereocenters. The summed E-state index contributed by atoms with van der Waals surface area (Å²) in [7, 11) is 0. The van der Waals surface area contributed by atoms with Crippen LogP contribution in [0.15, 0.2) is 30.3 Å². The molecule has 0 N–H and O–H groups in total. The average molecular weight is 169 g/mol. The predicted octanol–water partition coefficient (Wildman–Crippen LogP) is 3.42. The van der Waals surface area contributed by atoms with Gasteiger partial charge in [0.25, 0.3) is 0 Å². The maximum atomic E-state index is 5.65. The van der Waals surface area contributed by atoms with Gasteiger partial charge in [-0.05, 0) is 17.9 Å². The van der Waals surface area contributed by atoms with Gasteiger partial charge in [0.05, 0.1) is 0 Å². The molecule has 11 heavy (non-hydrogen) atoms. The Hall–Kier alpha value is -0.490. The molecule has 0 aliphatic heterocycles. The second-order valence-corrected chi connectivity index (χ2v) is 3.17. The largest absolute Gasteiger partial charge is 0.127 e. The highest BCUT2D eigenvalue weighted by atomic mass is 35.5. The minimum atomic E-state index is 0.591. The van der Waals surface area contributed by atoms with Crippen LogP contribution < -0.4 is 0 Å². The molecular weight excluding hydrogens is 156 g/mol. The highest BCUT2D eigenvalue weighted by molar-refractivity contribution is 6.17. The highest BCUT2D eigenvalue weighted by Gasteiger charge is 2.01. The Bertz CT molecular complexity index is 193. The monoisotopic (exact) mass is 168 g/mol. The van der Waals surface area contributed by atoms with Crippen molar-refractivity contribution in [3.63, 3.8) is 0 Å². The van der Waals surface area contributed by atoms with Crippen LogP contribution in [0.3, 0.4) is 0 Å². The number of rotatable bonds is 3. The fraction of sp³-hybridized carbons (Fsp3) is 0.400. The summed E-state index contributed by atoms with van der Waals surface area (Å²) in [5.41, 5.74) is 1.38. The topological polar surface area (TPSA) is 0 Å². The van der Waals surface area contributed by atoms with Crippen molar-refractivity contribution in [2.75, 3.05) is 5.88 Å². The van der Waals surface area contributed by atoms with E-state index < -0.39 is 0 Å². The first-order chi connectivity index (χ1) is 5.34. The summed E-state index contributed by atoms with van der Waals surface area (Å²) in [5.74, 6) is 1.34. The van der Waals surface area contributed by atoms with E-state index in [4.69, 9.17) is 11.6 Å². The summed E-state index contributed by atoms with van der Waals surface area (Å²) in [4.78, 5) is 0. The van der Waals surface area contributed by atoms with Gasteiger partial charge in [-0.3, -0.25) is 0 Å². The number of halogens is 1. The second-order valence-electron chi connectivity index (χ2n) is 2.79. The van der Waals surface area contributed by atoms with E-state index in [0.717, 1.165) is 12.3 Å². The van der Waals surface area contributed by atoms with Crippen LogP contribution in [0.5, 0.6) is 0 Å². The molecule has 0 aliphatic carbocycles. The minimum absolute atomic E-state index is 0.591. The number of hydrogen-bond donors (Lipinski definition) is 0. The highest BCUT2D eigenvalue weighted by Crippen LogP contribution is 2.18. The van der Waals surface area contributed by atoms with Gasteiger partial charge in [-0.1, -0.05) is 37.3 Å². The van der Waals surface area contributed by atoms with E-state index in [1.165, 1.54) is 5.56 Å². The SMILES string of the molecule is CC(CCCl)c1ccccc1. The summed E-state index contributed by atoms with van der Waals surface area (Å²) < 4.78 is 0. The molecule has 0 radical (unpaired) electrons. The van der Waals surface area contributed by atoms with Crippen LogP contribution in [-0.2, 0) is 0 Å². The quantitative estimate of drug-likeness (QED) is 0.607. The molecular formula is C10H13Cl. The molecule has 0 fully saturated rings. The Kier molecular flexibility index (Phi) is 3.44. The lowest BCUT2D eigenvalue weighted by molar-refractivity contribution is 0.738. The smallest absolute Gasteiger partial charge is 0.0229 e. The van der Waals surface area contributed by atoms with E-state index in [9.17, 15) is 0 Å². The number of hydrogen-bond acceptors (Lipinski definition) is 0. The molecule has 0 amide bonds. The van der Waals surface area contributed by atoms with E-state index in [2.05, 4.69) is 31.2 Å². The van der Waals surface area contributed by atoms with Crippen molar-refractivity contribution in [1.82, 2.24) is 0 Å². The summed E-state index contributed by atoms with van der Waals surface area (Å²) in [6.45, 7) is 2.21. The fourth-order valence-electron chi connectivity index (χ4n) is 1.11. The second kappa shape index (κ2) is 4.40. The van der Waals surface area contributed by atoms with E-state index >= 15 is 0 Å². The van der Waals surface area contributed by atoms with Crippen LogP contribution in [0.25, 0.3) is 0 Å². The summed E-state index contributed by atoms with van der Waals surface area (Å²) in [6.07, 6.45) is 1.06. The summed E-state index contributed by atoms with van der Waals surface area (Å²) >= 11 is 5.65. The van der Waals surface area contributed by atoms with Crippen LogP contribution >= 0.6 is 11.6 Å². The Morgan fingerprint density at radius 1 is 1.27 bits per heavy atom. The molecule has 0 nitrogen and oxygen atoms in total. The molecule has 0 saturated heterocycles. The first-order valence-corrected chi connectivity index (χ1v) is 4.49. The Morgan fingerprint density at radius 3 is 2.45 bits per heavy atom. The standard InChI is InChI=1S/C10H13Cl/c1-9(7-8-11)10-5-3-2-4-6-10/h2-6,9H,7-8H2,1H3. The molecule has 0 spiro atoms. The van der Waals surface area contributed by atoms with Gasteiger partial charge in [-0.2, -0.15) is 0 Å². The normalized spacial score (nSPS) is 12.9. The molecule has 0 aliphatic rings. The molecule has 1 aromatic rings. The molecule has 0 bridgehead atoms. The van der Waals surface area contributed by atoms with E-state index in [-0.39, 0.29) is 0 Å². The lowest BCUT2D eigenvalue weighted by Gasteiger charge is -2.08. The van der Waals surface area contributed by atoms with Crippen molar-refractivity contribution in [3.05, 3.63) is 35.9 Å². The van der Waals surface area contributed by atoms with Crippen LogP contribution in [0.2, 0.25) is 0 Å². The minimum Gasteiger partial charge on any atom is -0.127 e. The molecule has 0 heterocycles. The third kappa shape index (κ3) is 2.55. The van der Waals surface area contributed by atoms with Crippen LogP contribution in [0.1, 0.15) is 24.8 Å². The zero-order valence-corrected chi connectivity index (χ0v) is 7.51. The van der Waals surface area contributed by atoms with Crippen molar-refractivity contribution in [2.24, 2.45) is 0 Å². The molecule has 1 rings (SSSR count). The molecule has 1 aromatic carbocycles. The maximum Gasteiger partial charge on any atom is 0.0229 e. The molecule has 0 saturated carbocycles. The molecule has 0 aromatic heterocycles. The van der Waals surface area contributed by atoms with E-state index in [0.29, 0.717) is 5.92 Å². The maximum absolute atomic E-state index is 5.65. The van der Waals surface area contributed by atoms with Crippen molar-refractivity contribution in [2.45, 2.75) is 19.3 Å².